The zero-order valence-corrected chi connectivity index (χ0v) is 14.7. The van der Waals surface area contributed by atoms with Gasteiger partial charge in [-0.1, -0.05) is 36.4 Å². The number of thiocyanates is 1. The number of benzene rings is 3. The SMILES string of the molecule is N#CSc1cc(F)c(-c2ccc(-c3ccc(OC(F)(F)F)cc3)cc2)cc1F. The molecule has 0 saturated carbocycles. The fraction of sp³-hybridized carbons (Fsp3) is 0.0500. The molecule has 0 unspecified atom stereocenters. The summed E-state index contributed by atoms with van der Waals surface area (Å²) in [6.45, 7) is 0. The summed E-state index contributed by atoms with van der Waals surface area (Å²) in [4.78, 5) is -0.0958. The van der Waals surface area contributed by atoms with Crippen LogP contribution in [0.2, 0.25) is 0 Å². The second-order valence-electron chi connectivity index (χ2n) is 5.61. The smallest absolute Gasteiger partial charge is 0.406 e. The fourth-order valence-electron chi connectivity index (χ4n) is 2.57. The zero-order valence-electron chi connectivity index (χ0n) is 13.9. The van der Waals surface area contributed by atoms with Crippen LogP contribution in [-0.4, -0.2) is 6.36 Å². The van der Waals surface area contributed by atoms with Crippen molar-refractivity contribution in [3.63, 3.8) is 0 Å². The van der Waals surface area contributed by atoms with E-state index in [-0.39, 0.29) is 16.2 Å². The number of hydrogen-bond donors (Lipinski definition) is 0. The van der Waals surface area contributed by atoms with Crippen LogP contribution in [0.3, 0.4) is 0 Å². The molecule has 3 aromatic rings. The fourth-order valence-corrected chi connectivity index (χ4v) is 2.99. The Labute approximate surface area is 161 Å². The molecule has 8 heteroatoms. The molecular weight excluding hydrogens is 397 g/mol. The maximum absolute atomic E-state index is 14.2. The third-order valence-electron chi connectivity index (χ3n) is 3.79. The minimum atomic E-state index is -4.76. The first-order chi connectivity index (χ1) is 13.3. The highest BCUT2D eigenvalue weighted by atomic mass is 32.2. The third-order valence-corrected chi connectivity index (χ3v) is 4.42. The molecule has 0 amide bonds. The quantitative estimate of drug-likeness (QED) is 0.272. The van der Waals surface area contributed by atoms with Gasteiger partial charge in [0.1, 0.15) is 22.8 Å². The molecule has 2 nitrogen and oxygen atoms in total. The van der Waals surface area contributed by atoms with Crippen LogP contribution in [-0.2, 0) is 0 Å². The molecule has 3 rings (SSSR count). The molecule has 0 aromatic heterocycles. The van der Waals surface area contributed by atoms with Crippen molar-refractivity contribution >= 4 is 11.8 Å². The van der Waals surface area contributed by atoms with Gasteiger partial charge in [-0.3, -0.25) is 0 Å². The summed E-state index contributed by atoms with van der Waals surface area (Å²) >= 11 is 0.534. The van der Waals surface area contributed by atoms with Crippen LogP contribution < -0.4 is 4.74 Å². The van der Waals surface area contributed by atoms with Gasteiger partial charge in [-0.2, -0.15) is 5.26 Å². The Bertz CT molecular complexity index is 1020. The molecule has 0 saturated heterocycles. The Hall–Kier alpha value is -3.05. The first-order valence-corrected chi connectivity index (χ1v) is 8.60. The van der Waals surface area contributed by atoms with Crippen molar-refractivity contribution in [3.05, 3.63) is 72.3 Å². The van der Waals surface area contributed by atoms with Gasteiger partial charge in [0.05, 0.1) is 4.90 Å². The Morgan fingerprint density at radius 2 is 1.32 bits per heavy atom. The van der Waals surface area contributed by atoms with E-state index >= 15 is 0 Å². The highest BCUT2D eigenvalue weighted by molar-refractivity contribution is 8.03. The van der Waals surface area contributed by atoms with Gasteiger partial charge in [0.15, 0.2) is 0 Å². The number of alkyl halides is 3. The Balaban J connectivity index is 1.84. The lowest BCUT2D eigenvalue weighted by molar-refractivity contribution is -0.274. The van der Waals surface area contributed by atoms with Crippen molar-refractivity contribution in [2.75, 3.05) is 0 Å². The van der Waals surface area contributed by atoms with Crippen LogP contribution >= 0.6 is 11.8 Å². The minimum Gasteiger partial charge on any atom is -0.406 e. The summed E-state index contributed by atoms with van der Waals surface area (Å²) in [6.07, 6.45) is -4.76. The molecule has 0 radical (unpaired) electrons. The van der Waals surface area contributed by atoms with Crippen LogP contribution in [0.1, 0.15) is 0 Å². The number of ether oxygens (including phenoxy) is 1. The minimum absolute atomic E-state index is 0.0419. The lowest BCUT2D eigenvalue weighted by atomic mass is 10.00. The summed E-state index contributed by atoms with van der Waals surface area (Å²) in [5.74, 6) is -1.70. The topological polar surface area (TPSA) is 33.0 Å². The highest BCUT2D eigenvalue weighted by Gasteiger charge is 2.30. The molecule has 0 spiro atoms. The van der Waals surface area contributed by atoms with Crippen molar-refractivity contribution in [2.45, 2.75) is 11.3 Å². The van der Waals surface area contributed by atoms with E-state index in [1.807, 2.05) is 0 Å². The van der Waals surface area contributed by atoms with Gasteiger partial charge >= 0.3 is 6.36 Å². The lowest BCUT2D eigenvalue weighted by Crippen LogP contribution is -2.16. The first kappa shape index (κ1) is 19.7. The Kier molecular flexibility index (Phi) is 5.56. The number of hydrogen-bond acceptors (Lipinski definition) is 3. The van der Waals surface area contributed by atoms with E-state index in [1.54, 1.807) is 29.7 Å². The van der Waals surface area contributed by atoms with Crippen molar-refractivity contribution < 1.29 is 26.7 Å². The van der Waals surface area contributed by atoms with E-state index in [2.05, 4.69) is 4.74 Å². The largest absolute Gasteiger partial charge is 0.573 e. The summed E-state index contributed by atoms with van der Waals surface area (Å²) in [5, 5.41) is 10.3. The second kappa shape index (κ2) is 7.90. The van der Waals surface area contributed by atoms with Gasteiger partial charge in [0.25, 0.3) is 0 Å². The van der Waals surface area contributed by atoms with Crippen LogP contribution in [0, 0.1) is 22.3 Å². The van der Waals surface area contributed by atoms with E-state index in [0.717, 1.165) is 12.1 Å². The van der Waals surface area contributed by atoms with E-state index < -0.39 is 18.0 Å². The van der Waals surface area contributed by atoms with Crippen molar-refractivity contribution in [1.82, 2.24) is 0 Å². The van der Waals surface area contributed by atoms with Gasteiger partial charge in [-0.15, -0.1) is 13.2 Å². The summed E-state index contributed by atoms with van der Waals surface area (Å²) in [5.41, 5.74) is 1.78. The normalized spacial score (nSPS) is 11.1. The maximum Gasteiger partial charge on any atom is 0.573 e. The van der Waals surface area contributed by atoms with Crippen molar-refractivity contribution in [3.8, 4) is 33.4 Å². The summed E-state index contributed by atoms with van der Waals surface area (Å²) < 4.78 is 68.6. The molecule has 0 aliphatic rings. The Morgan fingerprint density at radius 1 is 0.786 bits per heavy atom. The van der Waals surface area contributed by atoms with E-state index in [1.165, 1.54) is 24.3 Å². The number of thioether (sulfide) groups is 1. The molecule has 142 valence electrons. The average Bonchev–Trinajstić information content (AvgIpc) is 2.64. The molecular formula is C20H10F5NOS. The molecule has 3 aromatic carbocycles. The summed E-state index contributed by atoms with van der Waals surface area (Å²) in [7, 11) is 0. The molecule has 28 heavy (non-hydrogen) atoms. The molecule has 0 heterocycles. The molecule has 0 N–H and O–H groups in total. The zero-order chi connectivity index (χ0) is 20.3. The van der Waals surface area contributed by atoms with Gasteiger partial charge in [0.2, 0.25) is 0 Å². The third kappa shape index (κ3) is 4.61. The number of nitriles is 1. The second-order valence-corrected chi connectivity index (χ2v) is 6.43. The van der Waals surface area contributed by atoms with Crippen molar-refractivity contribution in [2.24, 2.45) is 0 Å². The monoisotopic (exact) mass is 407 g/mol. The van der Waals surface area contributed by atoms with E-state index in [4.69, 9.17) is 5.26 Å². The molecule has 0 fully saturated rings. The van der Waals surface area contributed by atoms with Crippen LogP contribution in [0.4, 0.5) is 22.0 Å². The molecule has 0 aliphatic carbocycles. The number of halogens is 5. The standard InChI is InChI=1S/C20H10F5NOS/c21-17-10-19(28-11-26)18(22)9-16(17)14-3-1-12(2-4-14)13-5-7-15(8-6-13)27-20(23,24)25/h1-10H. The maximum atomic E-state index is 14.2. The lowest BCUT2D eigenvalue weighted by Gasteiger charge is -2.10. The van der Waals surface area contributed by atoms with Gasteiger partial charge < -0.3 is 4.74 Å². The first-order valence-electron chi connectivity index (χ1n) is 7.78. The van der Waals surface area contributed by atoms with E-state index in [9.17, 15) is 22.0 Å². The van der Waals surface area contributed by atoms with Crippen LogP contribution in [0.5, 0.6) is 5.75 Å². The molecule has 0 bridgehead atoms. The van der Waals surface area contributed by atoms with Gasteiger partial charge in [-0.05, 0) is 52.7 Å². The summed E-state index contributed by atoms with van der Waals surface area (Å²) in [6, 6.07) is 13.7. The van der Waals surface area contributed by atoms with Crippen LogP contribution in [0.25, 0.3) is 22.3 Å². The van der Waals surface area contributed by atoms with E-state index in [0.29, 0.717) is 28.5 Å². The molecule has 0 aliphatic heterocycles. The van der Waals surface area contributed by atoms with Crippen LogP contribution in [0.15, 0.2) is 65.6 Å². The van der Waals surface area contributed by atoms with Gasteiger partial charge in [0, 0.05) is 5.56 Å². The Morgan fingerprint density at radius 3 is 1.86 bits per heavy atom. The average molecular weight is 407 g/mol. The number of rotatable bonds is 4. The predicted octanol–water partition coefficient (Wildman–Crippen LogP) is 6.77. The van der Waals surface area contributed by atoms with Crippen molar-refractivity contribution in [1.29, 1.82) is 5.26 Å². The van der Waals surface area contributed by atoms with Gasteiger partial charge in [-0.25, -0.2) is 8.78 Å². The highest BCUT2D eigenvalue weighted by Crippen LogP contribution is 2.32. The molecule has 0 atom stereocenters. The predicted molar refractivity (Wildman–Crippen MR) is 95.4 cm³/mol. The number of nitrogens with zero attached hydrogens (tertiary/aromatic N) is 1.